The molecule has 16 heavy (non-hydrogen) atoms. The molecular weight excluding hydrogens is 196 g/mol. The van der Waals surface area contributed by atoms with Gasteiger partial charge >= 0.3 is 0 Å². The van der Waals surface area contributed by atoms with Crippen LogP contribution in [-0.2, 0) is 11.2 Å². The van der Waals surface area contributed by atoms with Gasteiger partial charge in [0.25, 0.3) is 0 Å². The quantitative estimate of drug-likeness (QED) is 0.500. The van der Waals surface area contributed by atoms with Gasteiger partial charge in [-0.3, -0.25) is 4.79 Å². The zero-order valence-electron chi connectivity index (χ0n) is 9.99. The second-order valence-electron chi connectivity index (χ2n) is 4.24. The van der Waals surface area contributed by atoms with Gasteiger partial charge in [0.15, 0.2) is 0 Å². The summed E-state index contributed by atoms with van der Waals surface area (Å²) in [5.74, 6) is 0.498. The van der Waals surface area contributed by atoms with E-state index in [2.05, 4.69) is 18.7 Å². The summed E-state index contributed by atoms with van der Waals surface area (Å²) in [6, 6.07) is 10.2. The highest BCUT2D eigenvalue weighted by Crippen LogP contribution is 2.12. The lowest BCUT2D eigenvalue weighted by atomic mass is 9.94. The normalized spacial score (nSPS) is 12.1. The Morgan fingerprint density at radius 2 is 2.06 bits per heavy atom. The molecule has 1 heteroatoms. The van der Waals surface area contributed by atoms with Crippen molar-refractivity contribution in [1.82, 2.24) is 0 Å². The molecule has 0 aliphatic rings. The number of unbranched alkanes of at least 4 members (excludes halogenated alkanes) is 1. The molecule has 0 saturated carbocycles. The van der Waals surface area contributed by atoms with Crippen LogP contribution in [0.5, 0.6) is 0 Å². The van der Waals surface area contributed by atoms with E-state index in [4.69, 9.17) is 0 Å². The van der Waals surface area contributed by atoms with Crippen LogP contribution in [0, 0.1) is 5.92 Å². The third kappa shape index (κ3) is 4.43. The van der Waals surface area contributed by atoms with Crippen LogP contribution in [0.25, 0.3) is 0 Å². The van der Waals surface area contributed by atoms with Gasteiger partial charge in [0.05, 0.1) is 0 Å². The fraction of sp³-hybridized carbons (Fsp3) is 0.400. The summed E-state index contributed by atoms with van der Waals surface area (Å²) in [5.41, 5.74) is 1.24. The number of hydrogen-bond acceptors (Lipinski definition) is 1. The standard InChI is InChI=1S/C15H20O/c1-3-4-6-11-15(16)13(2)12-14-9-7-5-8-10-14/h3,5,7-10,13H,1,4,6,11-12H2,2H3. The molecule has 0 radical (unpaired) electrons. The number of Topliss-reactive ketones (excluding diaryl/α,β-unsaturated/α-hetero) is 1. The molecule has 0 aliphatic heterocycles. The molecule has 0 fully saturated rings. The Labute approximate surface area is 98.2 Å². The van der Waals surface area contributed by atoms with Crippen molar-refractivity contribution < 1.29 is 4.79 Å². The molecule has 0 aromatic heterocycles. The first-order chi connectivity index (χ1) is 7.74. The summed E-state index contributed by atoms with van der Waals surface area (Å²) in [4.78, 5) is 11.8. The number of hydrogen-bond donors (Lipinski definition) is 0. The van der Waals surface area contributed by atoms with Gasteiger partial charge < -0.3 is 0 Å². The Balaban J connectivity index is 2.37. The topological polar surface area (TPSA) is 17.1 Å². The molecule has 1 unspecified atom stereocenters. The van der Waals surface area contributed by atoms with Crippen LogP contribution in [0.1, 0.15) is 31.7 Å². The van der Waals surface area contributed by atoms with E-state index >= 15 is 0 Å². The molecule has 1 aromatic rings. The van der Waals surface area contributed by atoms with Crippen molar-refractivity contribution >= 4 is 5.78 Å². The average molecular weight is 216 g/mol. The third-order valence-electron chi connectivity index (χ3n) is 2.77. The van der Waals surface area contributed by atoms with Crippen LogP contribution in [0.4, 0.5) is 0 Å². The fourth-order valence-corrected chi connectivity index (χ4v) is 1.75. The first kappa shape index (κ1) is 12.7. The van der Waals surface area contributed by atoms with Gasteiger partial charge in [0, 0.05) is 12.3 Å². The van der Waals surface area contributed by atoms with Crippen LogP contribution < -0.4 is 0 Å². The van der Waals surface area contributed by atoms with Gasteiger partial charge in [-0.2, -0.15) is 0 Å². The molecule has 0 spiro atoms. The highest BCUT2D eigenvalue weighted by atomic mass is 16.1. The Hall–Kier alpha value is -1.37. The lowest BCUT2D eigenvalue weighted by Crippen LogP contribution is -2.13. The zero-order valence-corrected chi connectivity index (χ0v) is 9.99. The molecule has 0 heterocycles. The number of carbonyl (C=O) groups excluding carboxylic acids is 1. The van der Waals surface area contributed by atoms with Crippen LogP contribution in [0.3, 0.4) is 0 Å². The summed E-state index contributed by atoms with van der Waals surface area (Å²) in [5, 5.41) is 0. The molecular formula is C15H20O. The van der Waals surface area contributed by atoms with Crippen molar-refractivity contribution in [3.8, 4) is 0 Å². The molecule has 0 bridgehead atoms. The van der Waals surface area contributed by atoms with Gasteiger partial charge in [-0.15, -0.1) is 6.58 Å². The van der Waals surface area contributed by atoms with E-state index in [1.807, 2.05) is 31.2 Å². The van der Waals surface area contributed by atoms with E-state index in [9.17, 15) is 4.79 Å². The van der Waals surface area contributed by atoms with Gasteiger partial charge in [0.2, 0.25) is 0 Å². The van der Waals surface area contributed by atoms with Gasteiger partial charge in [-0.05, 0) is 24.8 Å². The van der Waals surface area contributed by atoms with E-state index in [-0.39, 0.29) is 5.92 Å². The van der Waals surface area contributed by atoms with Crippen molar-refractivity contribution in [3.63, 3.8) is 0 Å². The molecule has 0 saturated heterocycles. The van der Waals surface area contributed by atoms with E-state index in [0.717, 1.165) is 19.3 Å². The van der Waals surface area contributed by atoms with Crippen LogP contribution in [0.2, 0.25) is 0 Å². The summed E-state index contributed by atoms with van der Waals surface area (Å²) < 4.78 is 0. The van der Waals surface area contributed by atoms with Gasteiger partial charge in [-0.25, -0.2) is 0 Å². The Kier molecular flexibility index (Phi) is 5.55. The average Bonchev–Trinajstić information content (AvgIpc) is 2.30. The first-order valence-electron chi connectivity index (χ1n) is 5.91. The molecule has 0 amide bonds. The smallest absolute Gasteiger partial charge is 0.136 e. The van der Waals surface area contributed by atoms with Crippen LogP contribution in [-0.4, -0.2) is 5.78 Å². The van der Waals surface area contributed by atoms with E-state index < -0.39 is 0 Å². The maximum absolute atomic E-state index is 11.8. The third-order valence-corrected chi connectivity index (χ3v) is 2.77. The van der Waals surface area contributed by atoms with Gasteiger partial charge in [-0.1, -0.05) is 43.3 Å². The summed E-state index contributed by atoms with van der Waals surface area (Å²) >= 11 is 0. The number of benzene rings is 1. The van der Waals surface area contributed by atoms with E-state index in [1.165, 1.54) is 5.56 Å². The second kappa shape index (κ2) is 7.00. The minimum Gasteiger partial charge on any atom is -0.299 e. The Morgan fingerprint density at radius 3 is 2.69 bits per heavy atom. The molecule has 0 N–H and O–H groups in total. The minimum atomic E-state index is 0.132. The van der Waals surface area contributed by atoms with Crippen molar-refractivity contribution in [1.29, 1.82) is 0 Å². The predicted octanol–water partition coefficient (Wildman–Crippen LogP) is 3.79. The lowest BCUT2D eigenvalue weighted by molar-refractivity contribution is -0.122. The highest BCUT2D eigenvalue weighted by Gasteiger charge is 2.12. The predicted molar refractivity (Wildman–Crippen MR) is 68.4 cm³/mol. The van der Waals surface area contributed by atoms with Crippen molar-refractivity contribution in [2.24, 2.45) is 5.92 Å². The minimum absolute atomic E-state index is 0.132. The number of allylic oxidation sites excluding steroid dienone is 1. The Bertz CT molecular complexity index is 327. The summed E-state index contributed by atoms with van der Waals surface area (Å²) in [6.07, 6.45) is 5.27. The molecule has 86 valence electrons. The molecule has 1 nitrogen and oxygen atoms in total. The molecule has 1 aromatic carbocycles. The largest absolute Gasteiger partial charge is 0.299 e. The number of rotatable bonds is 7. The summed E-state index contributed by atoms with van der Waals surface area (Å²) in [7, 11) is 0. The summed E-state index contributed by atoms with van der Waals surface area (Å²) in [6.45, 7) is 5.68. The monoisotopic (exact) mass is 216 g/mol. The van der Waals surface area contributed by atoms with E-state index in [0.29, 0.717) is 12.2 Å². The SMILES string of the molecule is C=CCCCC(=O)C(C)Cc1ccccc1. The zero-order chi connectivity index (χ0) is 11.8. The Morgan fingerprint density at radius 1 is 1.38 bits per heavy atom. The maximum Gasteiger partial charge on any atom is 0.136 e. The highest BCUT2D eigenvalue weighted by molar-refractivity contribution is 5.80. The second-order valence-corrected chi connectivity index (χ2v) is 4.24. The molecule has 1 atom stereocenters. The maximum atomic E-state index is 11.8. The number of carbonyl (C=O) groups is 1. The lowest BCUT2D eigenvalue weighted by Gasteiger charge is -2.09. The molecule has 0 aliphatic carbocycles. The van der Waals surface area contributed by atoms with Crippen molar-refractivity contribution in [2.45, 2.75) is 32.6 Å². The molecule has 1 rings (SSSR count). The first-order valence-corrected chi connectivity index (χ1v) is 5.91. The van der Waals surface area contributed by atoms with Crippen molar-refractivity contribution in [3.05, 3.63) is 48.6 Å². The fourth-order valence-electron chi connectivity index (χ4n) is 1.75. The van der Waals surface area contributed by atoms with Crippen molar-refractivity contribution in [2.75, 3.05) is 0 Å². The van der Waals surface area contributed by atoms with Crippen LogP contribution in [0.15, 0.2) is 43.0 Å². The number of ketones is 1. The van der Waals surface area contributed by atoms with E-state index in [1.54, 1.807) is 0 Å². The van der Waals surface area contributed by atoms with Crippen LogP contribution >= 0.6 is 0 Å². The van der Waals surface area contributed by atoms with Gasteiger partial charge in [0.1, 0.15) is 5.78 Å².